The number of rotatable bonds is 4. The number of hydrogen-bond acceptors (Lipinski definition) is 3. The van der Waals surface area contributed by atoms with Crippen molar-refractivity contribution in [2.24, 2.45) is 16.4 Å². The summed E-state index contributed by atoms with van der Waals surface area (Å²) in [7, 11) is 1.61. The molecule has 0 bridgehead atoms. The molecule has 0 N–H and O–H groups in total. The van der Waals surface area contributed by atoms with Crippen molar-refractivity contribution in [1.82, 2.24) is 4.90 Å². The van der Waals surface area contributed by atoms with E-state index in [0.29, 0.717) is 24.6 Å². The van der Waals surface area contributed by atoms with Gasteiger partial charge in [-0.05, 0) is 54.0 Å². The molecule has 1 aromatic rings. The second kappa shape index (κ2) is 5.89. The summed E-state index contributed by atoms with van der Waals surface area (Å²) in [6, 6.07) is 7.21. The predicted octanol–water partition coefficient (Wildman–Crippen LogP) is 3.25. The van der Waals surface area contributed by atoms with Crippen LogP contribution in [0.3, 0.4) is 0 Å². The van der Waals surface area contributed by atoms with Gasteiger partial charge in [0.2, 0.25) is 0 Å². The van der Waals surface area contributed by atoms with Crippen molar-refractivity contribution in [3.8, 4) is 5.75 Å². The number of carbonyl (C=O) groups excluding carboxylic acids is 1. The molecule has 0 aromatic heterocycles. The average Bonchev–Trinajstić information content (AvgIpc) is 3.09. The fraction of sp³-hybridized carbons (Fsp3) is 0.562. The van der Waals surface area contributed by atoms with Crippen LogP contribution >= 0.6 is 0 Å². The van der Waals surface area contributed by atoms with Crippen LogP contribution in [0.5, 0.6) is 5.75 Å². The van der Waals surface area contributed by atoms with Gasteiger partial charge < -0.3 is 9.64 Å². The zero-order valence-corrected chi connectivity index (χ0v) is 12.7. The van der Waals surface area contributed by atoms with E-state index < -0.39 is 0 Å². The van der Waals surface area contributed by atoms with E-state index in [2.05, 4.69) is 10.0 Å². The fourth-order valence-electron chi connectivity index (χ4n) is 3.92. The number of azide groups is 1. The first-order valence-electron chi connectivity index (χ1n) is 7.63. The van der Waals surface area contributed by atoms with E-state index in [0.717, 1.165) is 31.6 Å². The number of carbonyl (C=O) groups is 1. The molecule has 6 nitrogen and oxygen atoms in total. The second-order valence-electron chi connectivity index (χ2n) is 6.25. The van der Waals surface area contributed by atoms with Gasteiger partial charge in [-0.1, -0.05) is 11.5 Å². The lowest BCUT2D eigenvalue weighted by atomic mass is 9.81. The topological polar surface area (TPSA) is 78.3 Å². The van der Waals surface area contributed by atoms with Crippen LogP contribution in [0, 0.1) is 11.3 Å². The molecule has 2 atom stereocenters. The van der Waals surface area contributed by atoms with Crippen molar-refractivity contribution in [2.45, 2.75) is 19.3 Å². The van der Waals surface area contributed by atoms with Crippen LogP contribution in [-0.2, 0) is 0 Å². The Kier molecular flexibility index (Phi) is 3.94. The molecule has 22 heavy (non-hydrogen) atoms. The van der Waals surface area contributed by atoms with Gasteiger partial charge in [-0.3, -0.25) is 4.79 Å². The lowest BCUT2D eigenvalue weighted by Crippen LogP contribution is -2.33. The summed E-state index contributed by atoms with van der Waals surface area (Å²) in [5.74, 6) is 1.26. The molecular weight excluding hydrogens is 280 g/mol. The molecule has 3 rings (SSSR count). The Hall–Kier alpha value is -2.20. The highest BCUT2D eigenvalue weighted by atomic mass is 16.5. The van der Waals surface area contributed by atoms with Crippen molar-refractivity contribution >= 4 is 5.91 Å². The van der Waals surface area contributed by atoms with E-state index >= 15 is 0 Å². The third kappa shape index (κ3) is 2.50. The molecule has 1 aliphatic carbocycles. The van der Waals surface area contributed by atoms with Gasteiger partial charge in [0.25, 0.3) is 5.91 Å². The van der Waals surface area contributed by atoms with Gasteiger partial charge in [0.05, 0.1) is 7.11 Å². The van der Waals surface area contributed by atoms with Gasteiger partial charge in [0.15, 0.2) is 0 Å². The minimum atomic E-state index is -0.00559. The highest BCUT2D eigenvalue weighted by molar-refractivity contribution is 5.94. The Bertz CT molecular complexity index is 609. The summed E-state index contributed by atoms with van der Waals surface area (Å²) in [6.45, 7) is 1.97. The zero-order chi connectivity index (χ0) is 15.6. The van der Waals surface area contributed by atoms with Crippen molar-refractivity contribution < 1.29 is 9.53 Å². The van der Waals surface area contributed by atoms with Gasteiger partial charge in [-0.15, -0.1) is 0 Å². The summed E-state index contributed by atoms with van der Waals surface area (Å²) >= 11 is 0. The Labute approximate surface area is 129 Å². The second-order valence-corrected chi connectivity index (χ2v) is 6.25. The Balaban J connectivity index is 1.75. The molecule has 1 aromatic carbocycles. The number of methoxy groups -OCH3 is 1. The maximum atomic E-state index is 12.7. The molecule has 2 fully saturated rings. The first-order chi connectivity index (χ1) is 10.7. The van der Waals surface area contributed by atoms with Crippen LogP contribution in [0.4, 0.5) is 0 Å². The van der Waals surface area contributed by atoms with Gasteiger partial charge in [-0.2, -0.15) is 0 Å². The van der Waals surface area contributed by atoms with Crippen LogP contribution in [0.15, 0.2) is 29.4 Å². The highest BCUT2D eigenvalue weighted by Gasteiger charge is 2.50. The van der Waals surface area contributed by atoms with Crippen molar-refractivity contribution in [3.63, 3.8) is 0 Å². The number of ether oxygens (including phenoxy) is 1. The molecule has 1 amide bonds. The number of hydrogen-bond donors (Lipinski definition) is 0. The standard InChI is InChI=1S/C16H20N4O2/c1-22-14-6-4-12(5-7-14)15(21)20-9-13-3-2-8-16(13,11-20)10-18-19-17/h4-7,13H,2-3,8-11H2,1H3. The summed E-state index contributed by atoms with van der Waals surface area (Å²) in [5, 5.41) is 3.80. The summed E-state index contributed by atoms with van der Waals surface area (Å²) < 4.78 is 5.12. The summed E-state index contributed by atoms with van der Waals surface area (Å²) in [4.78, 5) is 17.5. The Morgan fingerprint density at radius 1 is 1.50 bits per heavy atom. The molecule has 0 spiro atoms. The maximum Gasteiger partial charge on any atom is 0.253 e. The van der Waals surface area contributed by atoms with Crippen LogP contribution in [0.25, 0.3) is 10.4 Å². The molecule has 6 heteroatoms. The van der Waals surface area contributed by atoms with Gasteiger partial charge in [0.1, 0.15) is 5.75 Å². The van der Waals surface area contributed by atoms with E-state index in [-0.39, 0.29) is 11.3 Å². The maximum absolute atomic E-state index is 12.7. The Morgan fingerprint density at radius 2 is 2.27 bits per heavy atom. The summed E-state index contributed by atoms with van der Waals surface area (Å²) in [6.07, 6.45) is 3.33. The summed E-state index contributed by atoms with van der Waals surface area (Å²) in [5.41, 5.74) is 9.29. The highest BCUT2D eigenvalue weighted by Crippen LogP contribution is 2.49. The molecule has 1 saturated heterocycles. The van der Waals surface area contributed by atoms with Crippen molar-refractivity contribution in [1.29, 1.82) is 0 Å². The quantitative estimate of drug-likeness (QED) is 0.486. The SMILES string of the molecule is COc1ccc(C(=O)N2CC3CCCC3(CN=[N+]=[N-])C2)cc1. The first kappa shape index (κ1) is 14.7. The van der Waals surface area contributed by atoms with Crippen molar-refractivity contribution in [3.05, 3.63) is 40.3 Å². The predicted molar refractivity (Wildman–Crippen MR) is 82.7 cm³/mol. The number of nitrogens with zero attached hydrogens (tertiary/aromatic N) is 4. The van der Waals surface area contributed by atoms with E-state index in [4.69, 9.17) is 10.3 Å². The van der Waals surface area contributed by atoms with Crippen LogP contribution in [0.2, 0.25) is 0 Å². The Morgan fingerprint density at radius 3 is 2.95 bits per heavy atom. The lowest BCUT2D eigenvalue weighted by Gasteiger charge is -2.26. The fourth-order valence-corrected chi connectivity index (χ4v) is 3.92. The van der Waals surface area contributed by atoms with Gasteiger partial charge in [0, 0.05) is 30.1 Å². The van der Waals surface area contributed by atoms with Crippen LogP contribution in [-0.4, -0.2) is 37.6 Å². The van der Waals surface area contributed by atoms with Crippen molar-refractivity contribution in [2.75, 3.05) is 26.7 Å². The number of likely N-dealkylation sites (tertiary alicyclic amines) is 1. The van der Waals surface area contributed by atoms with Crippen LogP contribution in [0.1, 0.15) is 29.6 Å². The third-order valence-corrected chi connectivity index (χ3v) is 5.11. The average molecular weight is 300 g/mol. The van der Waals surface area contributed by atoms with E-state index in [1.165, 1.54) is 0 Å². The molecule has 0 radical (unpaired) electrons. The monoisotopic (exact) mass is 300 g/mol. The normalized spacial score (nSPS) is 26.4. The minimum absolute atomic E-state index is 0.00559. The molecule has 2 unspecified atom stereocenters. The lowest BCUT2D eigenvalue weighted by molar-refractivity contribution is 0.0770. The number of fused-ring (bicyclic) bond motifs is 1. The number of benzene rings is 1. The van der Waals surface area contributed by atoms with Gasteiger partial charge in [-0.25, -0.2) is 0 Å². The molecule has 1 heterocycles. The number of amides is 1. The third-order valence-electron chi connectivity index (χ3n) is 5.11. The van der Waals surface area contributed by atoms with Crippen LogP contribution < -0.4 is 4.74 Å². The van der Waals surface area contributed by atoms with E-state index in [9.17, 15) is 4.79 Å². The molecule has 1 saturated carbocycles. The van der Waals surface area contributed by atoms with E-state index in [1.807, 2.05) is 4.90 Å². The smallest absolute Gasteiger partial charge is 0.253 e. The first-order valence-corrected chi connectivity index (χ1v) is 7.63. The van der Waals surface area contributed by atoms with Gasteiger partial charge >= 0.3 is 0 Å². The molecule has 2 aliphatic rings. The molecule has 1 aliphatic heterocycles. The van der Waals surface area contributed by atoms with E-state index in [1.54, 1.807) is 31.4 Å². The zero-order valence-electron chi connectivity index (χ0n) is 12.7. The minimum Gasteiger partial charge on any atom is -0.497 e. The molecular formula is C16H20N4O2. The molecule has 116 valence electrons. The largest absolute Gasteiger partial charge is 0.497 e.